The number of nitrogens with zero attached hydrogens (tertiary/aromatic N) is 1. The number of carbonyl (C=O) groups excluding carboxylic acids is 1. The van der Waals surface area contributed by atoms with Gasteiger partial charge in [0.25, 0.3) is 0 Å². The molecule has 0 spiro atoms. The molecule has 0 unspecified atom stereocenters. The van der Waals surface area contributed by atoms with E-state index in [0.29, 0.717) is 22.9 Å². The van der Waals surface area contributed by atoms with Crippen molar-refractivity contribution in [2.24, 2.45) is 0 Å². The molecule has 0 bridgehead atoms. The van der Waals surface area contributed by atoms with Gasteiger partial charge in [-0.2, -0.15) is 5.10 Å². The first-order chi connectivity index (χ1) is 10.8. The smallest absolute Gasteiger partial charge is 0.323 e. The molecule has 7 nitrogen and oxygen atoms in total. The average Bonchev–Trinajstić information content (AvgIpc) is 3.14. The number of aromatic nitrogens is 2. The van der Waals surface area contributed by atoms with E-state index in [0.717, 1.165) is 10.9 Å². The second-order valence-electron chi connectivity index (χ2n) is 4.82. The lowest BCUT2D eigenvalue weighted by Gasteiger charge is -2.08. The van der Waals surface area contributed by atoms with E-state index in [9.17, 15) is 4.79 Å². The molecule has 0 saturated carbocycles. The largest absolute Gasteiger partial charge is 0.454 e. The fraction of sp³-hybridized carbons (Fsp3) is 0.0667. The number of amides is 2. The topological polar surface area (TPSA) is 88.3 Å². The van der Waals surface area contributed by atoms with E-state index in [1.807, 2.05) is 18.2 Å². The summed E-state index contributed by atoms with van der Waals surface area (Å²) in [5, 5.41) is 13.3. The van der Waals surface area contributed by atoms with Crippen LogP contribution < -0.4 is 20.1 Å². The Balaban J connectivity index is 1.47. The van der Waals surface area contributed by atoms with Crippen LogP contribution in [-0.4, -0.2) is 23.0 Å². The number of rotatable bonds is 2. The molecule has 0 aliphatic carbocycles. The summed E-state index contributed by atoms with van der Waals surface area (Å²) in [6, 6.07) is 10.4. The molecule has 1 aliphatic heterocycles. The van der Waals surface area contributed by atoms with Gasteiger partial charge >= 0.3 is 6.03 Å². The zero-order chi connectivity index (χ0) is 14.9. The van der Waals surface area contributed by atoms with Gasteiger partial charge in [-0.05, 0) is 30.3 Å². The van der Waals surface area contributed by atoms with E-state index in [2.05, 4.69) is 20.8 Å². The number of aromatic amines is 1. The fourth-order valence-corrected chi connectivity index (χ4v) is 2.28. The number of ether oxygens (including phenoxy) is 2. The maximum atomic E-state index is 12.0. The highest BCUT2D eigenvalue weighted by Crippen LogP contribution is 2.34. The standard InChI is InChI=1S/C15H12N4O3/c20-15(17-10-2-1-9-7-16-19-12(9)5-10)18-11-3-4-13-14(6-11)22-8-21-13/h1-7H,8H2,(H,16,19)(H2,17,18,20). The normalized spacial score (nSPS) is 12.4. The molecule has 0 saturated heterocycles. The van der Waals surface area contributed by atoms with Gasteiger partial charge in [-0.25, -0.2) is 4.79 Å². The van der Waals surface area contributed by atoms with Crippen molar-refractivity contribution >= 4 is 28.3 Å². The van der Waals surface area contributed by atoms with Crippen LogP contribution in [-0.2, 0) is 0 Å². The summed E-state index contributed by atoms with van der Waals surface area (Å²) in [6.45, 7) is 0.204. The molecular weight excluding hydrogens is 284 g/mol. The van der Waals surface area contributed by atoms with Gasteiger partial charge in [0.05, 0.1) is 11.7 Å². The third kappa shape index (κ3) is 2.28. The molecule has 2 aromatic carbocycles. The van der Waals surface area contributed by atoms with E-state index in [-0.39, 0.29) is 12.8 Å². The third-order valence-corrected chi connectivity index (χ3v) is 3.33. The first-order valence-electron chi connectivity index (χ1n) is 6.69. The van der Waals surface area contributed by atoms with Crippen LogP contribution in [0.2, 0.25) is 0 Å². The molecule has 3 aromatic rings. The number of urea groups is 1. The number of anilines is 2. The second kappa shape index (κ2) is 4.96. The highest BCUT2D eigenvalue weighted by atomic mass is 16.7. The van der Waals surface area contributed by atoms with Gasteiger partial charge in [0, 0.05) is 22.8 Å². The van der Waals surface area contributed by atoms with Crippen LogP contribution >= 0.6 is 0 Å². The molecule has 0 radical (unpaired) electrons. The summed E-state index contributed by atoms with van der Waals surface area (Å²) in [6.07, 6.45) is 1.73. The fourth-order valence-electron chi connectivity index (χ4n) is 2.28. The first-order valence-corrected chi connectivity index (χ1v) is 6.69. The molecule has 1 aromatic heterocycles. The summed E-state index contributed by atoms with van der Waals surface area (Å²) in [5.74, 6) is 1.30. The summed E-state index contributed by atoms with van der Waals surface area (Å²) in [5.41, 5.74) is 2.17. The Labute approximate surface area is 125 Å². The number of benzene rings is 2. The average molecular weight is 296 g/mol. The molecule has 110 valence electrons. The van der Waals surface area contributed by atoms with Crippen LogP contribution in [0, 0.1) is 0 Å². The van der Waals surface area contributed by atoms with E-state index < -0.39 is 0 Å². The Morgan fingerprint density at radius 3 is 2.73 bits per heavy atom. The summed E-state index contributed by atoms with van der Waals surface area (Å²) < 4.78 is 10.5. The van der Waals surface area contributed by atoms with Crippen LogP contribution in [0.5, 0.6) is 11.5 Å². The molecule has 2 amide bonds. The minimum atomic E-state index is -0.335. The third-order valence-electron chi connectivity index (χ3n) is 3.33. The zero-order valence-electron chi connectivity index (χ0n) is 11.4. The van der Waals surface area contributed by atoms with Crippen molar-refractivity contribution in [1.82, 2.24) is 10.2 Å². The lowest BCUT2D eigenvalue weighted by molar-refractivity contribution is 0.174. The zero-order valence-corrected chi connectivity index (χ0v) is 11.4. The molecule has 7 heteroatoms. The van der Waals surface area contributed by atoms with E-state index in [1.54, 1.807) is 24.4 Å². The van der Waals surface area contributed by atoms with Gasteiger partial charge in [0.2, 0.25) is 6.79 Å². The summed E-state index contributed by atoms with van der Waals surface area (Å²) in [4.78, 5) is 12.0. The number of fused-ring (bicyclic) bond motifs is 2. The predicted octanol–water partition coefficient (Wildman–Crippen LogP) is 2.94. The van der Waals surface area contributed by atoms with Gasteiger partial charge in [-0.1, -0.05) is 0 Å². The van der Waals surface area contributed by atoms with E-state index in [1.165, 1.54) is 0 Å². The Morgan fingerprint density at radius 2 is 1.82 bits per heavy atom. The van der Waals surface area contributed by atoms with E-state index >= 15 is 0 Å². The number of carbonyl (C=O) groups is 1. The van der Waals surface area contributed by atoms with Crippen molar-refractivity contribution in [1.29, 1.82) is 0 Å². The summed E-state index contributed by atoms with van der Waals surface area (Å²) >= 11 is 0. The maximum Gasteiger partial charge on any atom is 0.323 e. The lowest BCUT2D eigenvalue weighted by atomic mass is 10.2. The molecule has 1 aliphatic rings. The van der Waals surface area contributed by atoms with Crippen molar-refractivity contribution in [3.8, 4) is 11.5 Å². The number of nitrogens with one attached hydrogen (secondary N) is 3. The van der Waals surface area contributed by atoms with Crippen LogP contribution in [0.3, 0.4) is 0 Å². The van der Waals surface area contributed by atoms with Crippen LogP contribution in [0.4, 0.5) is 16.2 Å². The van der Waals surface area contributed by atoms with Crippen molar-refractivity contribution in [2.75, 3.05) is 17.4 Å². The Hall–Kier alpha value is -3.22. The van der Waals surface area contributed by atoms with Crippen molar-refractivity contribution in [3.05, 3.63) is 42.6 Å². The highest BCUT2D eigenvalue weighted by Gasteiger charge is 2.14. The highest BCUT2D eigenvalue weighted by molar-refractivity contribution is 6.01. The number of hydrogen-bond acceptors (Lipinski definition) is 4. The van der Waals surface area contributed by atoms with Crippen molar-refractivity contribution < 1.29 is 14.3 Å². The van der Waals surface area contributed by atoms with Crippen molar-refractivity contribution in [2.45, 2.75) is 0 Å². The van der Waals surface area contributed by atoms with Crippen molar-refractivity contribution in [3.63, 3.8) is 0 Å². The first kappa shape index (κ1) is 12.5. The lowest BCUT2D eigenvalue weighted by Crippen LogP contribution is -2.19. The molecule has 0 atom stereocenters. The molecule has 4 rings (SSSR count). The van der Waals surface area contributed by atoms with Gasteiger partial charge in [0.1, 0.15) is 0 Å². The molecule has 3 N–H and O–H groups in total. The minimum absolute atomic E-state index is 0.204. The molecular formula is C15H12N4O3. The van der Waals surface area contributed by atoms with Crippen LogP contribution in [0.15, 0.2) is 42.6 Å². The maximum absolute atomic E-state index is 12.0. The second-order valence-corrected chi connectivity index (χ2v) is 4.82. The predicted molar refractivity (Wildman–Crippen MR) is 81.3 cm³/mol. The Kier molecular flexibility index (Phi) is 2.82. The quantitative estimate of drug-likeness (QED) is 0.678. The number of hydrogen-bond donors (Lipinski definition) is 3. The molecule has 22 heavy (non-hydrogen) atoms. The Bertz CT molecular complexity index is 859. The van der Waals surface area contributed by atoms with Gasteiger partial charge < -0.3 is 20.1 Å². The van der Waals surface area contributed by atoms with Gasteiger partial charge in [-0.3, -0.25) is 5.10 Å². The molecule has 0 fully saturated rings. The van der Waals surface area contributed by atoms with E-state index in [4.69, 9.17) is 9.47 Å². The van der Waals surface area contributed by atoms with Crippen LogP contribution in [0.1, 0.15) is 0 Å². The minimum Gasteiger partial charge on any atom is -0.454 e. The van der Waals surface area contributed by atoms with Gasteiger partial charge in [0.15, 0.2) is 11.5 Å². The van der Waals surface area contributed by atoms with Gasteiger partial charge in [-0.15, -0.1) is 0 Å². The Morgan fingerprint density at radius 1 is 1.05 bits per heavy atom. The monoisotopic (exact) mass is 296 g/mol. The molecule has 2 heterocycles. The SMILES string of the molecule is O=C(Nc1ccc2c(c1)OCO2)Nc1ccc2cn[nH]c2c1. The van der Waals surface area contributed by atoms with Crippen LogP contribution in [0.25, 0.3) is 10.9 Å². The summed E-state index contributed by atoms with van der Waals surface area (Å²) in [7, 11) is 0. The number of H-pyrrole nitrogens is 1.